The van der Waals surface area contributed by atoms with Crippen LogP contribution in [0.2, 0.25) is 0 Å². The van der Waals surface area contributed by atoms with Crippen molar-refractivity contribution in [3.8, 4) is 49.1 Å². The Balaban J connectivity index is 0.882. The number of aliphatic hydroxyl groups excluding tert-OH is 3. The molecule has 21 nitrogen and oxygen atoms in total. The second-order valence-corrected chi connectivity index (χ2v) is 24.3. The number of phenolic OH excluding ortho intramolecular Hbond substituents is 1. The van der Waals surface area contributed by atoms with Crippen LogP contribution in [0.25, 0.3) is 43.4 Å². The van der Waals surface area contributed by atoms with E-state index in [9.17, 15) is 44.4 Å². The quantitative estimate of drug-likeness (QED) is 0.0377. The Hall–Kier alpha value is -7.60. The van der Waals surface area contributed by atoms with Gasteiger partial charge in [-0.15, -0.1) is 68.0 Å². The number of phenols is 1. The molecule has 9 aromatic rings. The molecule has 10 rings (SSSR count). The second-order valence-electron chi connectivity index (χ2n) is 18.9. The SMILES string of the molecule is Cc1sc([C@H](CC(N)=O)NC(=O)c2csc(-c3ccc(-c4nc(CO)cs4)nc3-c3csc(-c4cscn4)n3)n2)nc1C(=O)N[C@H](c1nc(C(=O)N[C@@H](Cc2ccc(O)cc2)C(=O)N2C[C@H](O)[C@H](C)[C@H]2C)cs1)[C@H](O)c1ccccc1. The van der Waals surface area contributed by atoms with Crippen LogP contribution in [0.4, 0.5) is 0 Å². The molecule has 9 N–H and O–H groups in total. The van der Waals surface area contributed by atoms with E-state index in [1.165, 1.54) is 62.9 Å². The van der Waals surface area contributed by atoms with Gasteiger partial charge in [0.2, 0.25) is 11.8 Å². The van der Waals surface area contributed by atoms with Crippen molar-refractivity contribution in [2.75, 3.05) is 6.54 Å². The Labute approximate surface area is 486 Å². The summed E-state index contributed by atoms with van der Waals surface area (Å²) in [4.78, 5) is 104. The third-order valence-corrected chi connectivity index (χ3v) is 18.8. The molecule has 0 saturated carbocycles. The average Bonchev–Trinajstić information content (AvgIpc) is 4.40. The molecule has 7 atom stereocenters. The molecule has 8 heterocycles. The van der Waals surface area contributed by atoms with Crippen molar-refractivity contribution >= 4 is 97.6 Å². The number of nitrogens with two attached hydrogens (primary N) is 1. The molecule has 0 unspecified atom stereocenters. The van der Waals surface area contributed by atoms with Crippen LogP contribution < -0.4 is 21.7 Å². The van der Waals surface area contributed by atoms with E-state index in [1.54, 1.807) is 76.6 Å². The molecule has 1 aliphatic rings. The van der Waals surface area contributed by atoms with Crippen molar-refractivity contribution in [1.82, 2.24) is 55.7 Å². The largest absolute Gasteiger partial charge is 0.508 e. The van der Waals surface area contributed by atoms with Crippen molar-refractivity contribution < 1.29 is 44.4 Å². The number of rotatable bonds is 20. The highest BCUT2D eigenvalue weighted by atomic mass is 32.1. The fourth-order valence-corrected chi connectivity index (χ4v) is 13.8. The zero-order valence-electron chi connectivity index (χ0n) is 43.1. The number of hydrogen-bond acceptors (Lipinski definition) is 22. The summed E-state index contributed by atoms with van der Waals surface area (Å²) < 4.78 is 0. The van der Waals surface area contributed by atoms with Crippen LogP contribution >= 0.6 is 68.0 Å². The number of β-amino-alcohol motifs (C(OH)–C–C–N with tert-alkyl or cyclic N) is 1. The van der Waals surface area contributed by atoms with E-state index in [0.29, 0.717) is 59.4 Å². The number of nitrogens with one attached hydrogen (secondary N) is 3. The molecule has 0 aliphatic carbocycles. The lowest BCUT2D eigenvalue weighted by Crippen LogP contribution is -2.51. The molecule has 81 heavy (non-hydrogen) atoms. The zero-order valence-corrected chi connectivity index (χ0v) is 48.0. The molecule has 1 aliphatic heterocycles. The van der Waals surface area contributed by atoms with Gasteiger partial charge in [0.05, 0.1) is 42.1 Å². The molecule has 5 amide bonds. The van der Waals surface area contributed by atoms with Crippen molar-refractivity contribution in [3.05, 3.63) is 148 Å². The van der Waals surface area contributed by atoms with Gasteiger partial charge in [0.1, 0.15) is 83.1 Å². The summed E-state index contributed by atoms with van der Waals surface area (Å²) in [7, 11) is 0. The first-order valence-corrected chi connectivity index (χ1v) is 30.3. The van der Waals surface area contributed by atoms with Gasteiger partial charge in [-0.3, -0.25) is 24.0 Å². The summed E-state index contributed by atoms with van der Waals surface area (Å²) in [5, 5.41) is 61.2. The van der Waals surface area contributed by atoms with E-state index in [4.69, 9.17) is 20.7 Å². The highest BCUT2D eigenvalue weighted by molar-refractivity contribution is 7.14. The van der Waals surface area contributed by atoms with Crippen LogP contribution in [0.5, 0.6) is 5.75 Å². The number of nitrogens with zero attached hydrogens (tertiary/aromatic N) is 8. The highest BCUT2D eigenvalue weighted by Gasteiger charge is 2.41. The van der Waals surface area contributed by atoms with Gasteiger partial charge in [-0.25, -0.2) is 34.9 Å². The second kappa shape index (κ2) is 24.6. The number of benzene rings is 2. The van der Waals surface area contributed by atoms with Gasteiger partial charge in [0.15, 0.2) is 0 Å². The van der Waals surface area contributed by atoms with Crippen molar-refractivity contribution in [2.45, 2.75) is 76.6 Å². The van der Waals surface area contributed by atoms with Crippen LogP contribution in [-0.4, -0.2) is 114 Å². The van der Waals surface area contributed by atoms with Crippen molar-refractivity contribution in [2.24, 2.45) is 11.7 Å². The number of aliphatic hydroxyl groups is 3. The van der Waals surface area contributed by atoms with Crippen molar-refractivity contribution in [1.29, 1.82) is 0 Å². The van der Waals surface area contributed by atoms with Gasteiger partial charge in [-0.2, -0.15) is 0 Å². The molecule has 2 aromatic carbocycles. The van der Waals surface area contributed by atoms with Crippen LogP contribution in [0.3, 0.4) is 0 Å². The number of amides is 5. The summed E-state index contributed by atoms with van der Waals surface area (Å²) in [6, 6.07) is 14.6. The molecule has 7 aromatic heterocycles. The number of carbonyl (C=O) groups excluding carboxylic acids is 5. The lowest BCUT2D eigenvalue weighted by atomic mass is 10.0. The standard InChI is InChI=1S/C54H50N12O9S6/c1-25-26(2)66(17-40(25)69)54(75)35(15-28-9-11-31(68)12-10-28)60-47(73)38-23-80-53(63-38)44(45(71)29-7-5-4-6-8-29)64-48(74)42-27(3)81-52(65-42)34(16-41(55)70)59-46(72)37-22-78-49(62-37)32-13-14-33(50-57-30(18-67)19-77-50)58-43(32)36-21-79-51(61-36)39-20-76-24-56-39/h4-14,19-26,34-35,40,44-45,67-69,71H,15-18H2,1-3H3,(H2,55,70)(H,59,72)(H,60,73)(H,64,74)/t25-,26-,34+,35+,40+,44+,45-/m1/s1. The number of primary amides is 1. The molecule has 27 heteroatoms. The molecule has 0 radical (unpaired) electrons. The van der Waals surface area contributed by atoms with E-state index < -0.39 is 59.9 Å². The molecular weight excluding hydrogens is 1150 g/mol. The summed E-state index contributed by atoms with van der Waals surface area (Å²) in [5.74, 6) is -3.44. The first-order valence-electron chi connectivity index (χ1n) is 25.0. The average molecular weight is 1200 g/mol. The highest BCUT2D eigenvalue weighted by Crippen LogP contribution is 2.39. The van der Waals surface area contributed by atoms with Crippen LogP contribution in [0.15, 0.2) is 99.1 Å². The predicted molar refractivity (Wildman–Crippen MR) is 309 cm³/mol. The number of likely N-dealkylation sites (tertiary alicyclic amines) is 1. The molecule has 416 valence electrons. The minimum atomic E-state index is -1.39. The Morgan fingerprint density at radius 3 is 2.16 bits per heavy atom. The number of thiazole rings is 6. The first-order chi connectivity index (χ1) is 39.0. The monoisotopic (exact) mass is 1200 g/mol. The van der Waals surface area contributed by atoms with Gasteiger partial charge in [-0.05, 0) is 49.2 Å². The summed E-state index contributed by atoms with van der Waals surface area (Å²) >= 11 is 7.43. The van der Waals surface area contributed by atoms with Gasteiger partial charge in [0.25, 0.3) is 17.7 Å². The number of carbonyl (C=O) groups is 5. The number of hydrogen-bond donors (Lipinski definition) is 8. The molecule has 0 bridgehead atoms. The molecular formula is C54H50N12O9S6. The van der Waals surface area contributed by atoms with Gasteiger partial charge in [-0.1, -0.05) is 49.4 Å². The fourth-order valence-electron chi connectivity index (χ4n) is 8.97. The lowest BCUT2D eigenvalue weighted by molar-refractivity contribution is -0.134. The minimum absolute atomic E-state index is 0.0176. The normalized spacial score (nSPS) is 16.6. The number of aryl methyl sites for hydroxylation is 1. The van der Waals surface area contributed by atoms with Crippen LogP contribution in [0.1, 0.15) is 102 Å². The van der Waals surface area contributed by atoms with Gasteiger partial charge >= 0.3 is 0 Å². The fraction of sp³-hybridized carbons (Fsp3) is 0.259. The topological polar surface area (TPSA) is 322 Å². The zero-order chi connectivity index (χ0) is 57.1. The Bertz CT molecular complexity index is 3730. The molecule has 1 fully saturated rings. The van der Waals surface area contributed by atoms with E-state index in [2.05, 4.69) is 35.9 Å². The van der Waals surface area contributed by atoms with E-state index in [1.807, 2.05) is 30.7 Å². The minimum Gasteiger partial charge on any atom is -0.508 e. The van der Waals surface area contributed by atoms with Gasteiger partial charge < -0.3 is 47.0 Å². The maximum Gasteiger partial charge on any atom is 0.271 e. The smallest absolute Gasteiger partial charge is 0.271 e. The Kier molecular flexibility index (Phi) is 17.2. The third kappa shape index (κ3) is 12.7. The Morgan fingerprint density at radius 2 is 1.46 bits per heavy atom. The van der Waals surface area contributed by atoms with Crippen LogP contribution in [-0.2, 0) is 22.6 Å². The number of pyridine rings is 1. The molecule has 1 saturated heterocycles. The van der Waals surface area contributed by atoms with E-state index in [-0.39, 0.29) is 70.8 Å². The van der Waals surface area contributed by atoms with E-state index in [0.717, 1.165) is 28.4 Å². The van der Waals surface area contributed by atoms with E-state index >= 15 is 0 Å². The van der Waals surface area contributed by atoms with Crippen LogP contribution in [0, 0.1) is 12.8 Å². The number of aromatic hydroxyl groups is 1. The lowest BCUT2D eigenvalue weighted by Gasteiger charge is -2.28. The Morgan fingerprint density at radius 1 is 0.741 bits per heavy atom. The summed E-state index contributed by atoms with van der Waals surface area (Å²) in [6.07, 6.45) is -2.46. The maximum absolute atomic E-state index is 14.4. The first kappa shape index (κ1) is 56.7. The van der Waals surface area contributed by atoms with Crippen molar-refractivity contribution in [3.63, 3.8) is 0 Å². The number of aromatic nitrogens is 7. The molecule has 0 spiro atoms. The maximum atomic E-state index is 14.4. The van der Waals surface area contributed by atoms with Gasteiger partial charge in [0, 0.05) is 62.3 Å². The summed E-state index contributed by atoms with van der Waals surface area (Å²) in [6.45, 7) is 5.19. The predicted octanol–water partition coefficient (Wildman–Crippen LogP) is 7.11. The third-order valence-electron chi connectivity index (χ3n) is 13.5. The summed E-state index contributed by atoms with van der Waals surface area (Å²) in [5.41, 5.74) is 11.8.